The molecule has 0 atom stereocenters. The number of carbonyl (C=O) groups is 1. The van der Waals surface area contributed by atoms with Crippen molar-refractivity contribution >= 4 is 34.4 Å². The van der Waals surface area contributed by atoms with Gasteiger partial charge in [-0.1, -0.05) is 41.9 Å². The Bertz CT molecular complexity index is 1320. The van der Waals surface area contributed by atoms with Crippen LogP contribution in [-0.4, -0.2) is 20.7 Å². The van der Waals surface area contributed by atoms with E-state index in [-0.39, 0.29) is 11.0 Å². The number of rotatable bonds is 4. The van der Waals surface area contributed by atoms with Crippen LogP contribution in [0.5, 0.6) is 5.75 Å². The lowest BCUT2D eigenvalue weighted by Gasteiger charge is -2.03. The molecule has 1 N–H and O–H groups in total. The van der Waals surface area contributed by atoms with E-state index in [9.17, 15) is 14.7 Å². The highest BCUT2D eigenvalue weighted by Crippen LogP contribution is 2.28. The van der Waals surface area contributed by atoms with Gasteiger partial charge in [0.15, 0.2) is 5.78 Å². The zero-order chi connectivity index (χ0) is 20.5. The van der Waals surface area contributed by atoms with Crippen LogP contribution in [-0.2, 0) is 0 Å². The normalized spacial score (nSPS) is 11.4. The van der Waals surface area contributed by atoms with Crippen LogP contribution < -0.4 is 5.63 Å². The minimum absolute atomic E-state index is 0.207. The number of aryl methyl sites for hydroxylation is 1. The van der Waals surface area contributed by atoms with Crippen molar-refractivity contribution in [1.29, 1.82) is 0 Å². The van der Waals surface area contributed by atoms with Gasteiger partial charge >= 0.3 is 5.63 Å². The smallest absolute Gasteiger partial charge is 0.351 e. The third-order valence-electron chi connectivity index (χ3n) is 4.48. The Hall–Kier alpha value is -3.64. The fraction of sp³-hybridized carbons (Fsp3) is 0.0455. The summed E-state index contributed by atoms with van der Waals surface area (Å²) >= 11 is 6.44. The first-order valence-electron chi connectivity index (χ1n) is 8.75. The van der Waals surface area contributed by atoms with Gasteiger partial charge in [-0.15, -0.1) is 0 Å². The lowest BCUT2D eigenvalue weighted by Crippen LogP contribution is -2.12. The van der Waals surface area contributed by atoms with E-state index < -0.39 is 22.7 Å². The van der Waals surface area contributed by atoms with Gasteiger partial charge in [-0.2, -0.15) is 5.10 Å². The van der Waals surface area contributed by atoms with Gasteiger partial charge < -0.3 is 9.52 Å². The van der Waals surface area contributed by atoms with E-state index in [4.69, 9.17) is 16.0 Å². The number of benzene rings is 2. The highest BCUT2D eigenvalue weighted by atomic mass is 35.5. The van der Waals surface area contributed by atoms with Crippen molar-refractivity contribution < 1.29 is 14.3 Å². The van der Waals surface area contributed by atoms with Gasteiger partial charge in [0.2, 0.25) is 0 Å². The lowest BCUT2D eigenvalue weighted by atomic mass is 10.1. The first kappa shape index (κ1) is 18.7. The quantitative estimate of drug-likeness (QED) is 0.305. The van der Waals surface area contributed by atoms with Crippen LogP contribution in [0.1, 0.15) is 21.6 Å². The molecule has 0 fully saturated rings. The second kappa shape index (κ2) is 7.41. The van der Waals surface area contributed by atoms with Crippen LogP contribution in [0.25, 0.3) is 22.7 Å². The molecule has 0 spiro atoms. The molecule has 144 valence electrons. The number of fused-ring (bicyclic) bond motifs is 1. The van der Waals surface area contributed by atoms with Gasteiger partial charge in [0.25, 0.3) is 0 Å². The summed E-state index contributed by atoms with van der Waals surface area (Å²) in [7, 11) is 0. The summed E-state index contributed by atoms with van der Waals surface area (Å²) in [4.78, 5) is 24.8. The predicted molar refractivity (Wildman–Crippen MR) is 111 cm³/mol. The standard InChI is InChI=1S/C22H15ClN2O4/c1-13-15(21(23)25(24-13)14-7-3-2-4-8-14)11-12-17(26)19-20(27)16-9-5-6-10-18(16)29-22(19)28/h2-12,27H,1H3/b12-11+. The highest BCUT2D eigenvalue weighted by molar-refractivity contribution is 6.31. The van der Waals surface area contributed by atoms with Crippen LogP contribution in [0, 0.1) is 6.92 Å². The molecule has 0 bridgehead atoms. The molecule has 0 aliphatic heterocycles. The van der Waals surface area contributed by atoms with Gasteiger partial charge in [0.1, 0.15) is 22.0 Å². The molecule has 0 aliphatic rings. The molecule has 2 heterocycles. The molecule has 2 aromatic carbocycles. The molecular weight excluding hydrogens is 392 g/mol. The summed E-state index contributed by atoms with van der Waals surface area (Å²) in [6.45, 7) is 1.76. The van der Waals surface area contributed by atoms with Gasteiger partial charge in [0.05, 0.1) is 16.8 Å². The molecular formula is C22H15ClN2O4. The number of aromatic nitrogens is 2. The second-order valence-electron chi connectivity index (χ2n) is 6.34. The number of ketones is 1. The highest BCUT2D eigenvalue weighted by Gasteiger charge is 2.19. The van der Waals surface area contributed by atoms with Crippen LogP contribution in [0.4, 0.5) is 0 Å². The van der Waals surface area contributed by atoms with Gasteiger partial charge in [0, 0.05) is 5.56 Å². The average Bonchev–Trinajstić information content (AvgIpc) is 3.00. The maximum absolute atomic E-state index is 12.6. The van der Waals surface area contributed by atoms with Crippen LogP contribution >= 0.6 is 11.6 Å². The van der Waals surface area contributed by atoms with Gasteiger partial charge in [-0.05, 0) is 43.3 Å². The van der Waals surface area contributed by atoms with E-state index in [1.807, 2.05) is 30.3 Å². The molecule has 0 unspecified atom stereocenters. The summed E-state index contributed by atoms with van der Waals surface area (Å²) in [6.07, 6.45) is 2.65. The number of hydrogen-bond donors (Lipinski definition) is 1. The Morgan fingerprint density at radius 1 is 1.14 bits per heavy atom. The monoisotopic (exact) mass is 406 g/mol. The first-order valence-corrected chi connectivity index (χ1v) is 9.13. The van der Waals surface area contributed by atoms with E-state index in [0.717, 1.165) is 5.69 Å². The van der Waals surface area contributed by atoms with E-state index in [1.165, 1.54) is 12.2 Å². The van der Waals surface area contributed by atoms with Crippen molar-refractivity contribution in [1.82, 2.24) is 9.78 Å². The summed E-state index contributed by atoms with van der Waals surface area (Å²) < 4.78 is 6.70. The van der Waals surface area contributed by atoms with Crippen LogP contribution in [0.3, 0.4) is 0 Å². The zero-order valence-electron chi connectivity index (χ0n) is 15.3. The topological polar surface area (TPSA) is 85.3 Å². The summed E-state index contributed by atoms with van der Waals surface area (Å²) in [5.74, 6) is -1.10. The molecule has 4 rings (SSSR count). The van der Waals surface area contributed by atoms with E-state index in [1.54, 1.807) is 35.9 Å². The lowest BCUT2D eigenvalue weighted by molar-refractivity contribution is 0.104. The SMILES string of the molecule is Cc1nn(-c2ccccc2)c(Cl)c1/C=C/C(=O)c1c(O)c2ccccc2oc1=O. The third-order valence-corrected chi connectivity index (χ3v) is 4.85. The summed E-state index contributed by atoms with van der Waals surface area (Å²) in [5, 5.41) is 15.4. The Labute approximate surface area is 170 Å². The first-order chi connectivity index (χ1) is 14.0. The maximum Gasteiger partial charge on any atom is 0.351 e. The Kier molecular flexibility index (Phi) is 4.78. The molecule has 0 saturated carbocycles. The largest absolute Gasteiger partial charge is 0.506 e. The van der Waals surface area contributed by atoms with E-state index in [2.05, 4.69) is 5.10 Å². The van der Waals surface area contributed by atoms with E-state index >= 15 is 0 Å². The minimum atomic E-state index is -0.904. The third kappa shape index (κ3) is 3.34. The van der Waals surface area contributed by atoms with E-state index in [0.29, 0.717) is 16.4 Å². The molecule has 0 amide bonds. The Morgan fingerprint density at radius 3 is 2.59 bits per heavy atom. The number of allylic oxidation sites excluding steroid dienone is 1. The molecule has 0 saturated heterocycles. The van der Waals surface area contributed by atoms with Crippen LogP contribution in [0.15, 0.2) is 69.9 Å². The molecule has 4 aromatic rings. The molecule has 2 aromatic heterocycles. The predicted octanol–water partition coefficient (Wildman–Crippen LogP) is 4.54. The number of carbonyl (C=O) groups excluding carboxylic acids is 1. The summed E-state index contributed by atoms with van der Waals surface area (Å²) in [6, 6.07) is 15.8. The minimum Gasteiger partial charge on any atom is -0.506 e. The van der Waals surface area contributed by atoms with Crippen molar-refractivity contribution in [3.8, 4) is 11.4 Å². The number of aromatic hydroxyl groups is 1. The molecule has 29 heavy (non-hydrogen) atoms. The fourth-order valence-corrected chi connectivity index (χ4v) is 3.37. The number of para-hydroxylation sites is 2. The van der Waals surface area contributed by atoms with Crippen molar-refractivity contribution in [2.45, 2.75) is 6.92 Å². The molecule has 7 heteroatoms. The fourth-order valence-electron chi connectivity index (χ4n) is 3.03. The summed E-state index contributed by atoms with van der Waals surface area (Å²) in [5.41, 5.74) is 0.798. The molecule has 0 radical (unpaired) electrons. The van der Waals surface area contributed by atoms with Gasteiger partial charge in [-0.3, -0.25) is 4.79 Å². The van der Waals surface area contributed by atoms with Crippen molar-refractivity contribution in [2.75, 3.05) is 0 Å². The van der Waals surface area contributed by atoms with Crippen LogP contribution in [0.2, 0.25) is 5.15 Å². The number of hydrogen-bond acceptors (Lipinski definition) is 5. The number of halogens is 1. The number of nitrogens with zero attached hydrogens (tertiary/aromatic N) is 2. The zero-order valence-corrected chi connectivity index (χ0v) is 16.1. The maximum atomic E-state index is 12.6. The average molecular weight is 407 g/mol. The second-order valence-corrected chi connectivity index (χ2v) is 6.70. The van der Waals surface area contributed by atoms with Crippen molar-refractivity contribution in [2.24, 2.45) is 0 Å². The van der Waals surface area contributed by atoms with Gasteiger partial charge in [-0.25, -0.2) is 9.48 Å². The Morgan fingerprint density at radius 2 is 1.83 bits per heavy atom. The Balaban J connectivity index is 1.73. The van der Waals surface area contributed by atoms with Crippen molar-refractivity contribution in [3.05, 3.63) is 93.1 Å². The molecule has 0 aliphatic carbocycles. The molecule has 6 nitrogen and oxygen atoms in total. The van der Waals surface area contributed by atoms with Crippen molar-refractivity contribution in [3.63, 3.8) is 0 Å².